The van der Waals surface area contributed by atoms with Crippen molar-refractivity contribution in [1.82, 2.24) is 14.9 Å². The lowest BCUT2D eigenvalue weighted by atomic mass is 10.2. The number of carboxylic acids is 1. The quantitative estimate of drug-likeness (QED) is 0.837. The zero-order chi connectivity index (χ0) is 14.6. The number of carbonyl (C=O) groups is 1. The van der Waals surface area contributed by atoms with Gasteiger partial charge in [0, 0.05) is 26.1 Å². The maximum atomic E-state index is 11.3. The Hall–Kier alpha value is -1.69. The molecular weight excluding hydrogens is 244 g/mol. The molecule has 1 N–H and O–H groups in total. The monoisotopic (exact) mass is 266 g/mol. The third-order valence-electron chi connectivity index (χ3n) is 2.80. The van der Waals surface area contributed by atoms with Gasteiger partial charge in [-0.2, -0.15) is 0 Å². The van der Waals surface area contributed by atoms with Gasteiger partial charge in [0.1, 0.15) is 5.82 Å². The van der Waals surface area contributed by atoms with Crippen LogP contribution in [0, 0.1) is 0 Å². The van der Waals surface area contributed by atoms with Crippen molar-refractivity contribution < 1.29 is 9.90 Å². The van der Waals surface area contributed by atoms with Crippen molar-refractivity contribution in [3.8, 4) is 0 Å². The molecule has 1 heterocycles. The molecule has 0 bridgehead atoms. The summed E-state index contributed by atoms with van der Waals surface area (Å²) in [7, 11) is 5.80. The Bertz CT molecular complexity index is 446. The first kappa shape index (κ1) is 15.4. The molecule has 1 aromatic rings. The summed E-state index contributed by atoms with van der Waals surface area (Å²) in [6.07, 6.45) is 1.60. The molecule has 0 fully saturated rings. The zero-order valence-corrected chi connectivity index (χ0v) is 12.2. The van der Waals surface area contributed by atoms with Gasteiger partial charge in [-0.25, -0.2) is 14.8 Å². The second-order valence-electron chi connectivity index (χ2n) is 5.15. The molecule has 19 heavy (non-hydrogen) atoms. The molecule has 1 aromatic heterocycles. The van der Waals surface area contributed by atoms with Gasteiger partial charge in [-0.05, 0) is 14.1 Å². The normalized spacial score (nSPS) is 11.1. The number of likely N-dealkylation sites (N-methyl/N-ethyl adjacent to an activating group) is 2. The summed E-state index contributed by atoms with van der Waals surface area (Å²) in [6, 6.07) is 0. The van der Waals surface area contributed by atoms with Crippen molar-refractivity contribution in [3.05, 3.63) is 17.7 Å². The topological polar surface area (TPSA) is 69.6 Å². The average Bonchev–Trinajstić information content (AvgIpc) is 2.34. The van der Waals surface area contributed by atoms with Crippen molar-refractivity contribution in [2.24, 2.45) is 0 Å². The molecule has 0 spiro atoms. The zero-order valence-electron chi connectivity index (χ0n) is 12.2. The van der Waals surface area contributed by atoms with Crippen LogP contribution in [0.25, 0.3) is 0 Å². The molecule has 6 heteroatoms. The third-order valence-corrected chi connectivity index (χ3v) is 2.80. The highest BCUT2D eigenvalue weighted by atomic mass is 16.4. The van der Waals surface area contributed by atoms with Crippen LogP contribution in [0.1, 0.15) is 36.1 Å². The van der Waals surface area contributed by atoms with Gasteiger partial charge in [0.15, 0.2) is 5.69 Å². The molecule has 0 aliphatic heterocycles. The Morgan fingerprint density at radius 2 is 1.95 bits per heavy atom. The first-order valence-electron chi connectivity index (χ1n) is 6.29. The lowest BCUT2D eigenvalue weighted by Crippen LogP contribution is -2.30. The smallest absolute Gasteiger partial charge is 0.356 e. The summed E-state index contributed by atoms with van der Waals surface area (Å²) in [6.45, 7) is 5.44. The molecule has 0 aromatic carbocycles. The molecule has 0 unspecified atom stereocenters. The number of nitrogens with zero attached hydrogens (tertiary/aromatic N) is 4. The average molecular weight is 266 g/mol. The molecule has 106 valence electrons. The van der Waals surface area contributed by atoms with Crippen LogP contribution in [0.4, 0.5) is 5.69 Å². The van der Waals surface area contributed by atoms with Crippen molar-refractivity contribution in [3.63, 3.8) is 0 Å². The van der Waals surface area contributed by atoms with E-state index in [4.69, 9.17) is 0 Å². The van der Waals surface area contributed by atoms with Gasteiger partial charge in [0.25, 0.3) is 0 Å². The fourth-order valence-corrected chi connectivity index (χ4v) is 1.57. The summed E-state index contributed by atoms with van der Waals surface area (Å²) >= 11 is 0. The lowest BCUT2D eigenvalue weighted by molar-refractivity contribution is 0.0690. The first-order chi connectivity index (χ1) is 8.82. The van der Waals surface area contributed by atoms with Crippen molar-refractivity contribution in [2.75, 3.05) is 39.1 Å². The minimum Gasteiger partial charge on any atom is -0.476 e. The van der Waals surface area contributed by atoms with E-state index in [-0.39, 0.29) is 11.6 Å². The number of hydrogen-bond donors (Lipinski definition) is 1. The SMILES string of the molecule is CC(C)c1ncc(N(C)CCN(C)C)c(C(=O)O)n1. The molecule has 0 aliphatic carbocycles. The van der Waals surface area contributed by atoms with E-state index in [0.29, 0.717) is 11.5 Å². The lowest BCUT2D eigenvalue weighted by Gasteiger charge is -2.22. The largest absolute Gasteiger partial charge is 0.476 e. The number of anilines is 1. The van der Waals surface area contributed by atoms with E-state index in [1.54, 1.807) is 6.20 Å². The van der Waals surface area contributed by atoms with Crippen molar-refractivity contribution in [1.29, 1.82) is 0 Å². The number of aromatic nitrogens is 2. The van der Waals surface area contributed by atoms with E-state index in [0.717, 1.165) is 13.1 Å². The minimum absolute atomic E-state index is 0.0694. The number of rotatable bonds is 6. The highest BCUT2D eigenvalue weighted by Crippen LogP contribution is 2.19. The Kier molecular flexibility index (Phi) is 5.23. The van der Waals surface area contributed by atoms with Crippen molar-refractivity contribution in [2.45, 2.75) is 19.8 Å². The Morgan fingerprint density at radius 1 is 1.32 bits per heavy atom. The van der Waals surface area contributed by atoms with Gasteiger partial charge >= 0.3 is 5.97 Å². The van der Waals surface area contributed by atoms with E-state index in [1.165, 1.54) is 0 Å². The third kappa shape index (κ3) is 4.17. The maximum absolute atomic E-state index is 11.3. The fraction of sp³-hybridized carbons (Fsp3) is 0.615. The van der Waals surface area contributed by atoms with E-state index in [1.807, 2.05) is 44.8 Å². The van der Waals surface area contributed by atoms with Gasteiger partial charge in [-0.15, -0.1) is 0 Å². The van der Waals surface area contributed by atoms with Gasteiger partial charge in [-0.3, -0.25) is 0 Å². The van der Waals surface area contributed by atoms with Gasteiger partial charge in [-0.1, -0.05) is 13.8 Å². The Balaban J connectivity index is 3.02. The van der Waals surface area contributed by atoms with Crippen LogP contribution in [0.15, 0.2) is 6.20 Å². The molecule has 0 saturated heterocycles. The number of hydrogen-bond acceptors (Lipinski definition) is 5. The molecular formula is C13H22N4O2. The van der Waals surface area contributed by atoms with Crippen LogP contribution in [0.5, 0.6) is 0 Å². The highest BCUT2D eigenvalue weighted by Gasteiger charge is 2.18. The standard InChI is InChI=1S/C13H22N4O2/c1-9(2)12-14-8-10(11(15-12)13(18)19)17(5)7-6-16(3)4/h8-9H,6-7H2,1-5H3,(H,18,19). The van der Waals surface area contributed by atoms with Crippen LogP contribution < -0.4 is 4.90 Å². The molecule has 0 saturated carbocycles. The summed E-state index contributed by atoms with van der Waals surface area (Å²) in [5, 5.41) is 9.27. The van der Waals surface area contributed by atoms with Gasteiger partial charge < -0.3 is 14.9 Å². The predicted molar refractivity (Wildman–Crippen MR) is 74.9 cm³/mol. The first-order valence-corrected chi connectivity index (χ1v) is 6.29. The molecule has 6 nitrogen and oxygen atoms in total. The van der Waals surface area contributed by atoms with E-state index in [2.05, 4.69) is 9.97 Å². The number of carboxylic acid groups (broad SMARTS) is 1. The Morgan fingerprint density at radius 3 is 2.42 bits per heavy atom. The Labute approximate surface area is 114 Å². The van der Waals surface area contributed by atoms with Crippen LogP contribution in [0.2, 0.25) is 0 Å². The fourth-order valence-electron chi connectivity index (χ4n) is 1.57. The summed E-state index contributed by atoms with van der Waals surface area (Å²) in [5.41, 5.74) is 0.624. The molecule has 0 amide bonds. The van der Waals surface area contributed by atoms with E-state index in [9.17, 15) is 9.90 Å². The van der Waals surface area contributed by atoms with Gasteiger partial charge in [0.2, 0.25) is 0 Å². The van der Waals surface area contributed by atoms with E-state index >= 15 is 0 Å². The second kappa shape index (κ2) is 6.47. The second-order valence-corrected chi connectivity index (χ2v) is 5.15. The van der Waals surface area contributed by atoms with Crippen LogP contribution in [-0.4, -0.2) is 60.2 Å². The molecule has 0 atom stereocenters. The maximum Gasteiger partial charge on any atom is 0.356 e. The number of aromatic carboxylic acids is 1. The van der Waals surface area contributed by atoms with Gasteiger partial charge in [0.05, 0.1) is 11.9 Å². The summed E-state index contributed by atoms with van der Waals surface area (Å²) < 4.78 is 0. The highest BCUT2D eigenvalue weighted by molar-refractivity contribution is 5.91. The summed E-state index contributed by atoms with van der Waals surface area (Å²) in [4.78, 5) is 23.6. The predicted octanol–water partition coefficient (Wildman–Crippen LogP) is 1.30. The van der Waals surface area contributed by atoms with Crippen molar-refractivity contribution >= 4 is 11.7 Å². The van der Waals surface area contributed by atoms with E-state index < -0.39 is 5.97 Å². The van der Waals surface area contributed by atoms with Crippen LogP contribution >= 0.6 is 0 Å². The molecule has 1 rings (SSSR count). The van der Waals surface area contributed by atoms with Crippen LogP contribution in [0.3, 0.4) is 0 Å². The van der Waals surface area contributed by atoms with Crippen LogP contribution in [-0.2, 0) is 0 Å². The summed E-state index contributed by atoms with van der Waals surface area (Å²) in [5.74, 6) is -0.350. The molecule has 0 aliphatic rings. The minimum atomic E-state index is -1.02. The molecule has 0 radical (unpaired) electrons.